The average molecular weight is 391 g/mol. The maximum atomic E-state index is 12.6. The molecule has 1 saturated heterocycles. The van der Waals surface area contributed by atoms with Crippen molar-refractivity contribution < 1.29 is 4.79 Å². The standard InChI is InChI=1S/C21H25N7O/c1-3-26(4-2)18-8-6-17(7-9-18)25-21(29)16-13-27(14-16)19-12-20(23-15-22-19)28-11-5-10-24-28/h5-12,15-16H,3-4,13-14H2,1-2H3,(H,25,29). The molecule has 3 heterocycles. The zero-order chi connectivity index (χ0) is 20.2. The molecule has 8 heteroatoms. The Kier molecular flexibility index (Phi) is 5.41. The van der Waals surface area contributed by atoms with Crippen LogP contribution in [0.25, 0.3) is 5.82 Å². The fourth-order valence-electron chi connectivity index (χ4n) is 3.46. The number of hydrogen-bond donors (Lipinski definition) is 1. The fraction of sp³-hybridized carbons (Fsp3) is 0.333. The van der Waals surface area contributed by atoms with E-state index in [0.717, 1.165) is 24.6 Å². The van der Waals surface area contributed by atoms with Crippen molar-refractivity contribution in [1.29, 1.82) is 0 Å². The summed E-state index contributed by atoms with van der Waals surface area (Å²) in [6, 6.07) is 11.7. The molecule has 1 fully saturated rings. The number of nitrogens with zero attached hydrogens (tertiary/aromatic N) is 6. The van der Waals surface area contributed by atoms with E-state index >= 15 is 0 Å². The molecule has 0 aliphatic carbocycles. The van der Waals surface area contributed by atoms with Crippen LogP contribution >= 0.6 is 0 Å². The van der Waals surface area contributed by atoms with Gasteiger partial charge in [0.1, 0.15) is 12.1 Å². The van der Waals surface area contributed by atoms with Gasteiger partial charge in [0.05, 0.1) is 5.92 Å². The van der Waals surface area contributed by atoms with Crippen LogP contribution in [0.1, 0.15) is 13.8 Å². The van der Waals surface area contributed by atoms with E-state index < -0.39 is 0 Å². The number of carbonyl (C=O) groups excluding carboxylic acids is 1. The smallest absolute Gasteiger partial charge is 0.231 e. The lowest BCUT2D eigenvalue weighted by atomic mass is 9.99. The Morgan fingerprint density at radius 3 is 2.52 bits per heavy atom. The molecule has 0 bridgehead atoms. The maximum absolute atomic E-state index is 12.6. The molecule has 0 radical (unpaired) electrons. The lowest BCUT2D eigenvalue weighted by Crippen LogP contribution is -2.52. The highest BCUT2D eigenvalue weighted by atomic mass is 16.2. The van der Waals surface area contributed by atoms with Gasteiger partial charge in [0.2, 0.25) is 5.91 Å². The summed E-state index contributed by atoms with van der Waals surface area (Å²) in [4.78, 5) is 25.5. The lowest BCUT2D eigenvalue weighted by Gasteiger charge is -2.39. The molecule has 8 nitrogen and oxygen atoms in total. The van der Waals surface area contributed by atoms with Gasteiger partial charge in [-0.1, -0.05) is 0 Å². The van der Waals surface area contributed by atoms with E-state index in [0.29, 0.717) is 18.9 Å². The van der Waals surface area contributed by atoms with Gasteiger partial charge in [0, 0.05) is 56.0 Å². The molecular formula is C21H25N7O. The predicted molar refractivity (Wildman–Crippen MR) is 113 cm³/mol. The van der Waals surface area contributed by atoms with Crippen LogP contribution in [-0.2, 0) is 4.79 Å². The van der Waals surface area contributed by atoms with Gasteiger partial charge >= 0.3 is 0 Å². The zero-order valence-corrected chi connectivity index (χ0v) is 16.7. The van der Waals surface area contributed by atoms with Crippen LogP contribution in [0.2, 0.25) is 0 Å². The topological polar surface area (TPSA) is 79.2 Å². The van der Waals surface area contributed by atoms with Gasteiger partial charge in [0.15, 0.2) is 5.82 Å². The van der Waals surface area contributed by atoms with Gasteiger partial charge < -0.3 is 15.1 Å². The molecule has 29 heavy (non-hydrogen) atoms. The maximum Gasteiger partial charge on any atom is 0.231 e. The van der Waals surface area contributed by atoms with Crippen molar-refractivity contribution in [2.24, 2.45) is 5.92 Å². The van der Waals surface area contributed by atoms with E-state index in [-0.39, 0.29) is 11.8 Å². The first-order chi connectivity index (χ1) is 14.2. The molecule has 4 rings (SSSR count). The highest BCUT2D eigenvalue weighted by Crippen LogP contribution is 2.25. The van der Waals surface area contributed by atoms with E-state index in [2.05, 4.69) is 44.0 Å². The molecule has 0 atom stereocenters. The quantitative estimate of drug-likeness (QED) is 0.667. The van der Waals surface area contributed by atoms with E-state index in [9.17, 15) is 4.79 Å². The molecule has 1 aliphatic heterocycles. The van der Waals surface area contributed by atoms with Crippen molar-refractivity contribution in [3.8, 4) is 5.82 Å². The Bertz CT molecular complexity index is 945. The summed E-state index contributed by atoms with van der Waals surface area (Å²) in [6.45, 7) is 7.47. The number of benzene rings is 1. The Morgan fingerprint density at radius 2 is 1.86 bits per heavy atom. The normalized spacial score (nSPS) is 13.8. The Labute approximate surface area is 170 Å². The molecule has 2 aromatic heterocycles. The largest absolute Gasteiger partial charge is 0.372 e. The van der Waals surface area contributed by atoms with Gasteiger partial charge in [0.25, 0.3) is 0 Å². The third-order valence-corrected chi connectivity index (χ3v) is 5.22. The average Bonchev–Trinajstić information content (AvgIpc) is 3.24. The predicted octanol–water partition coefficient (Wildman–Crippen LogP) is 2.58. The first-order valence-electron chi connectivity index (χ1n) is 9.90. The fourth-order valence-corrected chi connectivity index (χ4v) is 3.46. The zero-order valence-electron chi connectivity index (χ0n) is 16.7. The van der Waals surface area contributed by atoms with Crippen molar-refractivity contribution in [2.75, 3.05) is 41.3 Å². The third kappa shape index (κ3) is 4.06. The van der Waals surface area contributed by atoms with E-state index in [1.165, 1.54) is 12.0 Å². The molecular weight excluding hydrogens is 366 g/mol. The summed E-state index contributed by atoms with van der Waals surface area (Å²) in [5.74, 6) is 1.50. The van der Waals surface area contributed by atoms with Crippen LogP contribution in [0.5, 0.6) is 0 Å². The minimum absolute atomic E-state index is 0.0400. The summed E-state index contributed by atoms with van der Waals surface area (Å²) in [5.41, 5.74) is 1.99. The summed E-state index contributed by atoms with van der Waals surface area (Å²) in [6.07, 6.45) is 5.07. The van der Waals surface area contributed by atoms with Crippen LogP contribution in [0, 0.1) is 5.92 Å². The Balaban J connectivity index is 1.33. The minimum atomic E-state index is -0.0550. The molecule has 1 N–H and O–H groups in total. The lowest BCUT2D eigenvalue weighted by molar-refractivity contribution is -0.120. The Hall–Kier alpha value is -3.42. The van der Waals surface area contributed by atoms with E-state index in [1.54, 1.807) is 10.9 Å². The van der Waals surface area contributed by atoms with Crippen molar-refractivity contribution in [3.63, 3.8) is 0 Å². The monoisotopic (exact) mass is 391 g/mol. The van der Waals surface area contributed by atoms with Gasteiger partial charge in [-0.2, -0.15) is 5.10 Å². The molecule has 0 spiro atoms. The highest BCUT2D eigenvalue weighted by Gasteiger charge is 2.33. The minimum Gasteiger partial charge on any atom is -0.372 e. The second-order valence-corrected chi connectivity index (χ2v) is 7.00. The summed E-state index contributed by atoms with van der Waals surface area (Å²) in [7, 11) is 0. The van der Waals surface area contributed by atoms with Gasteiger partial charge in [-0.15, -0.1) is 0 Å². The molecule has 3 aromatic rings. The van der Waals surface area contributed by atoms with Crippen LogP contribution in [-0.4, -0.2) is 51.8 Å². The van der Waals surface area contributed by atoms with E-state index in [1.807, 2.05) is 42.6 Å². The van der Waals surface area contributed by atoms with Crippen LogP contribution in [0.3, 0.4) is 0 Å². The molecule has 0 saturated carbocycles. The van der Waals surface area contributed by atoms with Crippen molar-refractivity contribution in [1.82, 2.24) is 19.7 Å². The van der Waals surface area contributed by atoms with Gasteiger partial charge in [-0.25, -0.2) is 14.6 Å². The van der Waals surface area contributed by atoms with Gasteiger partial charge in [-0.3, -0.25) is 4.79 Å². The number of amides is 1. The van der Waals surface area contributed by atoms with Crippen LogP contribution in [0.15, 0.2) is 55.1 Å². The van der Waals surface area contributed by atoms with E-state index in [4.69, 9.17) is 0 Å². The Morgan fingerprint density at radius 1 is 1.14 bits per heavy atom. The van der Waals surface area contributed by atoms with Crippen molar-refractivity contribution >= 4 is 23.1 Å². The number of hydrogen-bond acceptors (Lipinski definition) is 6. The van der Waals surface area contributed by atoms with Crippen molar-refractivity contribution in [2.45, 2.75) is 13.8 Å². The van der Waals surface area contributed by atoms with Crippen LogP contribution in [0.4, 0.5) is 17.2 Å². The number of rotatable bonds is 7. The SMILES string of the molecule is CCN(CC)c1ccc(NC(=O)C2CN(c3cc(-n4cccn4)ncn3)C2)cc1. The number of anilines is 3. The molecule has 0 unspecified atom stereocenters. The number of aromatic nitrogens is 4. The second kappa shape index (κ2) is 8.30. The highest BCUT2D eigenvalue weighted by molar-refractivity contribution is 5.94. The molecule has 1 aliphatic rings. The van der Waals surface area contributed by atoms with Gasteiger partial charge in [-0.05, 0) is 44.2 Å². The number of nitrogens with one attached hydrogen (secondary N) is 1. The molecule has 150 valence electrons. The van der Waals surface area contributed by atoms with Crippen LogP contribution < -0.4 is 15.1 Å². The summed E-state index contributed by atoms with van der Waals surface area (Å²) >= 11 is 0. The second-order valence-electron chi connectivity index (χ2n) is 7.00. The molecule has 1 amide bonds. The first kappa shape index (κ1) is 18.9. The van der Waals surface area contributed by atoms with Crippen molar-refractivity contribution in [3.05, 3.63) is 55.1 Å². The summed E-state index contributed by atoms with van der Waals surface area (Å²) in [5, 5.41) is 7.21. The molecule has 1 aromatic carbocycles. The third-order valence-electron chi connectivity index (χ3n) is 5.22. The number of carbonyl (C=O) groups is 1. The summed E-state index contributed by atoms with van der Waals surface area (Å²) < 4.78 is 1.69. The first-order valence-corrected chi connectivity index (χ1v) is 9.90.